The van der Waals surface area contributed by atoms with Crippen LogP contribution < -0.4 is 14.8 Å². The van der Waals surface area contributed by atoms with E-state index in [2.05, 4.69) is 10.1 Å². The second-order valence-electron chi connectivity index (χ2n) is 6.21. The standard InChI is InChI=1S/C20H19N3O9/c1-12(24)21-15(20(25)31-3)9-14-16(22(26)27)10-17(23(28)29)19(30-2)18(14)32-11-13-7-5-4-6-8-13/h4-10H,11H2,1-3H3,(H,21,24)/b15-9+. The number of carbonyl (C=O) groups is 2. The number of nitrogens with one attached hydrogen (secondary N) is 1. The second kappa shape index (κ2) is 10.5. The number of hydrogen-bond donors (Lipinski definition) is 1. The van der Waals surface area contributed by atoms with E-state index in [0.717, 1.165) is 27.2 Å². The molecule has 0 fully saturated rings. The lowest BCUT2D eigenvalue weighted by Crippen LogP contribution is -2.25. The van der Waals surface area contributed by atoms with Crippen LogP contribution >= 0.6 is 0 Å². The summed E-state index contributed by atoms with van der Waals surface area (Å²) >= 11 is 0. The number of hydrogen-bond acceptors (Lipinski definition) is 9. The maximum Gasteiger partial charge on any atom is 0.354 e. The highest BCUT2D eigenvalue weighted by Gasteiger charge is 2.32. The molecule has 0 saturated heterocycles. The number of amides is 1. The molecule has 12 nitrogen and oxygen atoms in total. The number of methoxy groups -OCH3 is 2. The molecule has 2 aromatic rings. The Morgan fingerprint density at radius 2 is 1.66 bits per heavy atom. The van der Waals surface area contributed by atoms with E-state index in [9.17, 15) is 29.8 Å². The molecule has 32 heavy (non-hydrogen) atoms. The summed E-state index contributed by atoms with van der Waals surface area (Å²) in [5.74, 6) is -2.40. The van der Waals surface area contributed by atoms with E-state index < -0.39 is 44.5 Å². The second-order valence-corrected chi connectivity index (χ2v) is 6.21. The predicted octanol–water partition coefficient (Wildman–Crippen LogP) is 2.74. The van der Waals surface area contributed by atoms with Crippen LogP contribution in [0.1, 0.15) is 18.1 Å². The van der Waals surface area contributed by atoms with Gasteiger partial charge in [-0.1, -0.05) is 30.3 Å². The summed E-state index contributed by atoms with van der Waals surface area (Å²) in [5.41, 5.74) is -1.56. The lowest BCUT2D eigenvalue weighted by Gasteiger charge is -2.15. The lowest BCUT2D eigenvalue weighted by atomic mass is 10.1. The van der Waals surface area contributed by atoms with Crippen molar-refractivity contribution in [2.24, 2.45) is 0 Å². The van der Waals surface area contributed by atoms with Crippen LogP contribution in [-0.2, 0) is 20.9 Å². The molecule has 0 heterocycles. The molecule has 0 aromatic heterocycles. The molecule has 0 aliphatic heterocycles. The van der Waals surface area contributed by atoms with E-state index in [1.54, 1.807) is 30.3 Å². The van der Waals surface area contributed by atoms with Crippen molar-refractivity contribution in [2.45, 2.75) is 13.5 Å². The number of nitro benzene ring substituents is 2. The normalized spacial score (nSPS) is 10.8. The van der Waals surface area contributed by atoms with Crippen LogP contribution in [0.3, 0.4) is 0 Å². The number of rotatable bonds is 9. The molecule has 168 valence electrons. The van der Waals surface area contributed by atoms with Gasteiger partial charge in [-0.05, 0) is 11.6 Å². The molecule has 0 atom stereocenters. The fourth-order valence-electron chi connectivity index (χ4n) is 2.71. The van der Waals surface area contributed by atoms with Gasteiger partial charge in [-0.2, -0.15) is 0 Å². The van der Waals surface area contributed by atoms with Crippen molar-refractivity contribution in [1.29, 1.82) is 0 Å². The molecule has 1 N–H and O–H groups in total. The number of nitrogens with zero attached hydrogens (tertiary/aromatic N) is 2. The van der Waals surface area contributed by atoms with Crippen molar-refractivity contribution >= 4 is 29.3 Å². The first kappa shape index (κ1) is 23.8. The van der Waals surface area contributed by atoms with Crippen LogP contribution in [0.2, 0.25) is 0 Å². The van der Waals surface area contributed by atoms with Crippen LogP contribution in [0.15, 0.2) is 42.1 Å². The summed E-state index contributed by atoms with van der Waals surface area (Å²) in [6, 6.07) is 9.35. The minimum Gasteiger partial charge on any atom is -0.488 e. The van der Waals surface area contributed by atoms with Crippen molar-refractivity contribution < 1.29 is 33.6 Å². The molecule has 0 bridgehead atoms. The smallest absolute Gasteiger partial charge is 0.354 e. The fourth-order valence-corrected chi connectivity index (χ4v) is 2.71. The minimum atomic E-state index is -0.999. The van der Waals surface area contributed by atoms with Crippen molar-refractivity contribution in [3.63, 3.8) is 0 Å². The summed E-state index contributed by atoms with van der Waals surface area (Å²) < 4.78 is 15.4. The van der Waals surface area contributed by atoms with Crippen LogP contribution in [0.25, 0.3) is 6.08 Å². The van der Waals surface area contributed by atoms with Crippen LogP contribution in [0.5, 0.6) is 11.5 Å². The average molecular weight is 445 g/mol. The monoisotopic (exact) mass is 445 g/mol. The van der Waals surface area contributed by atoms with Crippen LogP contribution in [0, 0.1) is 20.2 Å². The Morgan fingerprint density at radius 1 is 1.03 bits per heavy atom. The number of carbonyl (C=O) groups excluding carboxylic acids is 2. The first-order chi connectivity index (χ1) is 15.2. The Morgan fingerprint density at radius 3 is 2.16 bits per heavy atom. The fraction of sp³-hybridized carbons (Fsp3) is 0.200. The van der Waals surface area contributed by atoms with E-state index >= 15 is 0 Å². The zero-order valence-corrected chi connectivity index (χ0v) is 17.3. The molecule has 0 spiro atoms. The van der Waals surface area contributed by atoms with Gasteiger partial charge in [0.15, 0.2) is 5.75 Å². The molecule has 2 aromatic carbocycles. The first-order valence-electron chi connectivity index (χ1n) is 8.97. The average Bonchev–Trinajstić information content (AvgIpc) is 2.76. The Hall–Kier alpha value is -4.48. The highest BCUT2D eigenvalue weighted by molar-refractivity contribution is 5.99. The molecular weight excluding hydrogens is 426 g/mol. The molecule has 2 rings (SSSR count). The van der Waals surface area contributed by atoms with E-state index in [1.165, 1.54) is 0 Å². The van der Waals surface area contributed by atoms with Crippen molar-refractivity contribution in [3.8, 4) is 11.5 Å². The van der Waals surface area contributed by atoms with Gasteiger partial charge in [-0.25, -0.2) is 4.79 Å². The molecule has 0 saturated carbocycles. The Kier molecular flexibility index (Phi) is 7.82. The van der Waals surface area contributed by atoms with Gasteiger partial charge in [0.1, 0.15) is 17.9 Å². The SMILES string of the molecule is COC(=O)/C(=C\c1c([N+](=O)[O-])cc([N+](=O)[O-])c(OC)c1OCc1ccccc1)NC(C)=O. The van der Waals surface area contributed by atoms with Crippen LogP contribution in [0.4, 0.5) is 11.4 Å². The third-order valence-corrected chi connectivity index (χ3v) is 4.06. The maximum absolute atomic E-state index is 12.1. The van der Waals surface area contributed by atoms with Gasteiger partial charge in [0.25, 0.3) is 5.69 Å². The van der Waals surface area contributed by atoms with Crippen molar-refractivity contribution in [3.05, 3.63) is 73.5 Å². The molecule has 0 aliphatic rings. The van der Waals surface area contributed by atoms with Gasteiger partial charge < -0.3 is 19.5 Å². The summed E-state index contributed by atoms with van der Waals surface area (Å²) in [4.78, 5) is 45.1. The minimum absolute atomic E-state index is 0.121. The number of esters is 1. The number of nitro groups is 2. The van der Waals surface area contributed by atoms with E-state index in [-0.39, 0.29) is 17.9 Å². The van der Waals surface area contributed by atoms with Gasteiger partial charge in [0, 0.05) is 6.92 Å². The van der Waals surface area contributed by atoms with Gasteiger partial charge in [-0.15, -0.1) is 0 Å². The molecule has 0 aliphatic carbocycles. The van der Waals surface area contributed by atoms with Gasteiger partial charge in [-0.3, -0.25) is 25.0 Å². The Labute approximate surface area is 181 Å². The van der Waals surface area contributed by atoms with E-state index in [4.69, 9.17) is 9.47 Å². The third kappa shape index (κ3) is 5.56. The lowest BCUT2D eigenvalue weighted by molar-refractivity contribution is -0.394. The summed E-state index contributed by atoms with van der Waals surface area (Å²) in [6.07, 6.45) is 0.942. The topological polar surface area (TPSA) is 160 Å². The van der Waals surface area contributed by atoms with E-state index in [1.807, 2.05) is 0 Å². The summed E-state index contributed by atoms with van der Waals surface area (Å²) in [6.45, 7) is 0.998. The van der Waals surface area contributed by atoms with Gasteiger partial charge >= 0.3 is 11.7 Å². The molecule has 12 heteroatoms. The number of ether oxygens (including phenoxy) is 3. The predicted molar refractivity (Wildman–Crippen MR) is 111 cm³/mol. The number of benzene rings is 2. The van der Waals surface area contributed by atoms with Crippen LogP contribution in [-0.4, -0.2) is 35.9 Å². The summed E-state index contributed by atoms with van der Waals surface area (Å²) in [7, 11) is 2.18. The largest absolute Gasteiger partial charge is 0.488 e. The Bertz CT molecular complexity index is 1080. The Balaban J connectivity index is 2.81. The first-order valence-corrected chi connectivity index (χ1v) is 8.97. The highest BCUT2D eigenvalue weighted by atomic mass is 16.6. The molecule has 0 radical (unpaired) electrons. The maximum atomic E-state index is 12.1. The quantitative estimate of drug-likeness (QED) is 0.265. The van der Waals surface area contributed by atoms with Gasteiger partial charge in [0.05, 0.1) is 30.1 Å². The van der Waals surface area contributed by atoms with Crippen molar-refractivity contribution in [1.82, 2.24) is 5.32 Å². The van der Waals surface area contributed by atoms with E-state index in [0.29, 0.717) is 11.6 Å². The molecular formula is C20H19N3O9. The third-order valence-electron chi connectivity index (χ3n) is 4.06. The molecule has 0 unspecified atom stereocenters. The summed E-state index contributed by atoms with van der Waals surface area (Å²) in [5, 5.41) is 25.5. The van der Waals surface area contributed by atoms with Crippen molar-refractivity contribution in [2.75, 3.05) is 14.2 Å². The zero-order valence-electron chi connectivity index (χ0n) is 17.3. The highest BCUT2D eigenvalue weighted by Crippen LogP contribution is 2.46. The molecule has 1 amide bonds. The zero-order chi connectivity index (χ0) is 23.8. The van der Waals surface area contributed by atoms with Gasteiger partial charge in [0.2, 0.25) is 11.7 Å².